The van der Waals surface area contributed by atoms with Gasteiger partial charge in [0.15, 0.2) is 0 Å². The highest BCUT2D eigenvalue weighted by molar-refractivity contribution is 5.79. The van der Waals surface area contributed by atoms with E-state index in [0.717, 1.165) is 76.7 Å². The van der Waals surface area contributed by atoms with Crippen molar-refractivity contribution in [3.8, 4) is 0 Å². The number of carbonyl (C=O) groups is 2. The van der Waals surface area contributed by atoms with Crippen LogP contribution in [0.4, 0.5) is 0 Å². The van der Waals surface area contributed by atoms with Crippen LogP contribution in [-0.4, -0.2) is 57.8 Å². The first-order valence-electron chi connectivity index (χ1n) is 10.5. The number of aryl methyl sites for hydroxylation is 1. The molecule has 1 atom stereocenters. The molecule has 6 heteroatoms. The fraction of sp³-hybridized carbons (Fsp3) is 0.714. The molecule has 1 spiro atoms. The molecule has 0 radical (unpaired) electrons. The van der Waals surface area contributed by atoms with E-state index in [2.05, 4.69) is 14.9 Å². The lowest BCUT2D eigenvalue weighted by molar-refractivity contribution is -0.136. The molecule has 3 aliphatic rings. The largest absolute Gasteiger partial charge is 0.343 e. The molecule has 0 N–H and O–H groups in total. The second-order valence-electron chi connectivity index (χ2n) is 8.60. The lowest BCUT2D eigenvalue weighted by Crippen LogP contribution is -2.43. The number of amides is 2. The first-order valence-corrected chi connectivity index (χ1v) is 10.5. The van der Waals surface area contributed by atoms with Crippen molar-refractivity contribution in [1.29, 1.82) is 0 Å². The SMILES string of the molecule is O=C(CCc1cncnc1)N1CCC2(CCC(C(=O)N3CCCC3)C2)CC1. The van der Waals surface area contributed by atoms with E-state index in [4.69, 9.17) is 0 Å². The second-order valence-corrected chi connectivity index (χ2v) is 8.60. The van der Waals surface area contributed by atoms with Crippen LogP contribution < -0.4 is 0 Å². The molecule has 2 saturated heterocycles. The van der Waals surface area contributed by atoms with Gasteiger partial charge in [0.1, 0.15) is 6.33 Å². The van der Waals surface area contributed by atoms with E-state index in [-0.39, 0.29) is 11.8 Å². The third-order valence-electron chi connectivity index (χ3n) is 6.89. The topological polar surface area (TPSA) is 66.4 Å². The predicted molar refractivity (Wildman–Crippen MR) is 102 cm³/mol. The van der Waals surface area contributed by atoms with Crippen LogP contribution in [-0.2, 0) is 16.0 Å². The average Bonchev–Trinajstić information content (AvgIpc) is 3.38. The molecule has 6 nitrogen and oxygen atoms in total. The Labute approximate surface area is 161 Å². The van der Waals surface area contributed by atoms with Gasteiger partial charge in [-0.25, -0.2) is 9.97 Å². The predicted octanol–water partition coefficient (Wildman–Crippen LogP) is 2.44. The molecule has 3 fully saturated rings. The third kappa shape index (κ3) is 4.14. The van der Waals surface area contributed by atoms with Crippen molar-refractivity contribution in [3.63, 3.8) is 0 Å². The summed E-state index contributed by atoms with van der Waals surface area (Å²) in [5.74, 6) is 0.854. The molecular weight excluding hydrogens is 340 g/mol. The maximum absolute atomic E-state index is 12.7. The summed E-state index contributed by atoms with van der Waals surface area (Å²) in [5, 5.41) is 0. The zero-order valence-electron chi connectivity index (χ0n) is 16.1. The molecule has 1 aliphatic carbocycles. The number of carbonyl (C=O) groups excluding carboxylic acids is 2. The highest BCUT2D eigenvalue weighted by Crippen LogP contribution is 2.49. The van der Waals surface area contributed by atoms with Crippen LogP contribution in [0, 0.1) is 11.3 Å². The summed E-state index contributed by atoms with van der Waals surface area (Å²) in [6.45, 7) is 3.59. The Balaban J connectivity index is 1.25. The maximum atomic E-state index is 12.7. The lowest BCUT2D eigenvalue weighted by Gasteiger charge is -2.39. The molecule has 3 heterocycles. The normalized spacial score (nSPS) is 24.5. The summed E-state index contributed by atoms with van der Waals surface area (Å²) in [5.41, 5.74) is 1.31. The smallest absolute Gasteiger partial charge is 0.225 e. The number of piperidine rings is 1. The molecule has 1 unspecified atom stereocenters. The minimum atomic E-state index is 0.225. The standard InChI is InChI=1S/C21H30N4O2/c26-19(4-3-17-14-22-16-23-15-17)24-11-7-21(8-12-24)6-5-18(13-21)20(27)25-9-1-2-10-25/h14-16,18H,1-13H2. The molecule has 1 aromatic rings. The van der Waals surface area contributed by atoms with Crippen molar-refractivity contribution in [2.24, 2.45) is 11.3 Å². The Morgan fingerprint density at radius 3 is 2.41 bits per heavy atom. The molecule has 1 saturated carbocycles. The summed E-state index contributed by atoms with van der Waals surface area (Å²) in [6.07, 6.45) is 14.0. The van der Waals surface area contributed by atoms with E-state index in [1.54, 1.807) is 12.4 Å². The highest BCUT2D eigenvalue weighted by Gasteiger charge is 2.45. The van der Waals surface area contributed by atoms with Gasteiger partial charge >= 0.3 is 0 Å². The van der Waals surface area contributed by atoms with Crippen molar-refractivity contribution in [1.82, 2.24) is 19.8 Å². The Morgan fingerprint density at radius 2 is 1.70 bits per heavy atom. The molecule has 27 heavy (non-hydrogen) atoms. The van der Waals surface area contributed by atoms with Gasteiger partial charge in [0.25, 0.3) is 0 Å². The first kappa shape index (κ1) is 18.4. The van der Waals surface area contributed by atoms with E-state index < -0.39 is 0 Å². The summed E-state index contributed by atoms with van der Waals surface area (Å²) in [7, 11) is 0. The van der Waals surface area contributed by atoms with Crippen molar-refractivity contribution in [2.75, 3.05) is 26.2 Å². The fourth-order valence-electron chi connectivity index (χ4n) is 5.17. The van der Waals surface area contributed by atoms with Gasteiger partial charge in [-0.3, -0.25) is 9.59 Å². The number of likely N-dealkylation sites (tertiary alicyclic amines) is 2. The maximum Gasteiger partial charge on any atom is 0.225 e. The third-order valence-corrected chi connectivity index (χ3v) is 6.89. The van der Waals surface area contributed by atoms with Gasteiger partial charge in [-0.1, -0.05) is 0 Å². The molecule has 2 amide bonds. The van der Waals surface area contributed by atoms with Crippen LogP contribution in [0.5, 0.6) is 0 Å². The van der Waals surface area contributed by atoms with Crippen molar-refractivity contribution >= 4 is 11.8 Å². The first-order chi connectivity index (χ1) is 13.2. The van der Waals surface area contributed by atoms with Crippen LogP contribution in [0.25, 0.3) is 0 Å². The van der Waals surface area contributed by atoms with Gasteiger partial charge in [-0.05, 0) is 62.3 Å². The minimum absolute atomic E-state index is 0.225. The Hall–Kier alpha value is -1.98. The summed E-state index contributed by atoms with van der Waals surface area (Å²) in [6, 6.07) is 0. The molecule has 146 valence electrons. The summed E-state index contributed by atoms with van der Waals surface area (Å²) < 4.78 is 0. The van der Waals surface area contributed by atoms with Crippen molar-refractivity contribution < 1.29 is 9.59 Å². The van der Waals surface area contributed by atoms with E-state index in [1.807, 2.05) is 4.90 Å². The van der Waals surface area contributed by atoms with Crippen LogP contribution in [0.1, 0.15) is 56.9 Å². The van der Waals surface area contributed by atoms with E-state index >= 15 is 0 Å². The van der Waals surface area contributed by atoms with E-state index in [1.165, 1.54) is 6.33 Å². The van der Waals surface area contributed by atoms with Gasteiger partial charge in [0, 0.05) is 50.9 Å². The van der Waals surface area contributed by atoms with E-state index in [9.17, 15) is 9.59 Å². The van der Waals surface area contributed by atoms with Gasteiger partial charge in [0.05, 0.1) is 0 Å². The van der Waals surface area contributed by atoms with Crippen LogP contribution in [0.3, 0.4) is 0 Å². The number of nitrogens with zero attached hydrogens (tertiary/aromatic N) is 4. The monoisotopic (exact) mass is 370 g/mol. The molecule has 4 rings (SSSR count). The van der Waals surface area contributed by atoms with E-state index in [0.29, 0.717) is 24.2 Å². The summed E-state index contributed by atoms with van der Waals surface area (Å²) >= 11 is 0. The van der Waals surface area contributed by atoms with Crippen LogP contribution >= 0.6 is 0 Å². The number of aromatic nitrogens is 2. The molecule has 0 aromatic carbocycles. The fourth-order valence-corrected chi connectivity index (χ4v) is 5.17. The number of rotatable bonds is 4. The van der Waals surface area contributed by atoms with Gasteiger partial charge in [0.2, 0.25) is 11.8 Å². The van der Waals surface area contributed by atoms with Gasteiger partial charge in [-0.2, -0.15) is 0 Å². The molecule has 1 aromatic heterocycles. The molecule has 0 bridgehead atoms. The van der Waals surface area contributed by atoms with Crippen molar-refractivity contribution in [2.45, 2.75) is 57.8 Å². The highest BCUT2D eigenvalue weighted by atomic mass is 16.2. The zero-order chi connectivity index (χ0) is 18.7. The average molecular weight is 370 g/mol. The molecular formula is C21H30N4O2. The Bertz CT molecular complexity index is 664. The second kappa shape index (κ2) is 7.95. The summed E-state index contributed by atoms with van der Waals surface area (Å²) in [4.78, 5) is 37.4. The number of hydrogen-bond donors (Lipinski definition) is 0. The minimum Gasteiger partial charge on any atom is -0.343 e. The Morgan fingerprint density at radius 1 is 1.00 bits per heavy atom. The Kier molecular flexibility index (Phi) is 5.41. The van der Waals surface area contributed by atoms with Gasteiger partial charge in [-0.15, -0.1) is 0 Å². The zero-order valence-corrected chi connectivity index (χ0v) is 16.1. The quantitative estimate of drug-likeness (QED) is 0.816. The molecule has 2 aliphatic heterocycles. The van der Waals surface area contributed by atoms with Crippen molar-refractivity contribution in [3.05, 3.63) is 24.3 Å². The number of hydrogen-bond acceptors (Lipinski definition) is 4. The van der Waals surface area contributed by atoms with Gasteiger partial charge < -0.3 is 9.80 Å². The van der Waals surface area contributed by atoms with Crippen LogP contribution in [0.2, 0.25) is 0 Å². The van der Waals surface area contributed by atoms with Crippen LogP contribution in [0.15, 0.2) is 18.7 Å². The lowest BCUT2D eigenvalue weighted by atomic mass is 9.76.